The van der Waals surface area contributed by atoms with Gasteiger partial charge >= 0.3 is 32.0 Å². The summed E-state index contributed by atoms with van der Waals surface area (Å²) in [4.78, 5) is 23.0. The first-order chi connectivity index (χ1) is 22.2. The zero-order valence-electron chi connectivity index (χ0n) is 24.6. The highest BCUT2D eigenvalue weighted by molar-refractivity contribution is 7.82. The van der Waals surface area contributed by atoms with Crippen molar-refractivity contribution in [1.29, 1.82) is 0 Å². The summed E-state index contributed by atoms with van der Waals surface area (Å²) in [5.74, 6) is -0.196. The van der Waals surface area contributed by atoms with Crippen molar-refractivity contribution in [3.63, 3.8) is 0 Å². The van der Waals surface area contributed by atoms with Crippen LogP contribution in [0, 0.1) is 0 Å². The number of fused-ring (bicyclic) bond motifs is 2. The van der Waals surface area contributed by atoms with Crippen LogP contribution in [0.3, 0.4) is 0 Å². The maximum atomic E-state index is 12.6. The second-order valence-corrected chi connectivity index (χ2v) is 13.0. The SMILES string of the molecule is CC(C)(c1ccc(OS(=O)(=O)Oc2ccc3ccc(=O)oc3c2)cc1)c1ccc(OS(=O)(=O)Oc2ccc3ccc(=O)oc3c2)cc1. The fourth-order valence-corrected chi connectivity index (χ4v) is 6.15. The highest BCUT2D eigenvalue weighted by Gasteiger charge is 2.25. The monoisotopic (exact) mass is 676 g/mol. The van der Waals surface area contributed by atoms with E-state index in [4.69, 9.17) is 25.6 Å². The van der Waals surface area contributed by atoms with Crippen molar-refractivity contribution in [3.05, 3.63) is 141 Å². The van der Waals surface area contributed by atoms with E-state index in [0.717, 1.165) is 11.1 Å². The lowest BCUT2D eigenvalue weighted by atomic mass is 9.78. The second kappa shape index (κ2) is 12.0. The van der Waals surface area contributed by atoms with Gasteiger partial charge in [-0.3, -0.25) is 0 Å². The number of hydrogen-bond donors (Lipinski definition) is 0. The molecule has 6 rings (SSSR count). The Morgan fingerprint density at radius 3 is 1.17 bits per heavy atom. The minimum Gasteiger partial charge on any atom is -0.423 e. The van der Waals surface area contributed by atoms with E-state index in [2.05, 4.69) is 0 Å². The molecule has 47 heavy (non-hydrogen) atoms. The van der Waals surface area contributed by atoms with Gasteiger partial charge in [0.1, 0.15) is 34.2 Å². The molecule has 0 saturated heterocycles. The molecule has 6 aromatic rings. The summed E-state index contributed by atoms with van der Waals surface area (Å²) < 4.78 is 80.6. The van der Waals surface area contributed by atoms with Crippen LogP contribution in [0.1, 0.15) is 25.0 Å². The molecule has 0 aliphatic carbocycles. The zero-order valence-corrected chi connectivity index (χ0v) is 26.2. The number of benzene rings is 4. The van der Waals surface area contributed by atoms with Crippen LogP contribution in [0.5, 0.6) is 23.0 Å². The predicted molar refractivity (Wildman–Crippen MR) is 170 cm³/mol. The lowest BCUT2D eigenvalue weighted by Crippen LogP contribution is -2.20. The van der Waals surface area contributed by atoms with Gasteiger partial charge < -0.3 is 25.6 Å². The molecule has 0 spiro atoms. The van der Waals surface area contributed by atoms with Crippen molar-refractivity contribution in [2.24, 2.45) is 0 Å². The van der Waals surface area contributed by atoms with E-state index in [1.807, 2.05) is 13.8 Å². The molecule has 2 heterocycles. The lowest BCUT2D eigenvalue weighted by Gasteiger charge is -2.26. The maximum Gasteiger partial charge on any atom is 0.500 e. The van der Waals surface area contributed by atoms with E-state index >= 15 is 0 Å². The summed E-state index contributed by atoms with van der Waals surface area (Å²) >= 11 is 0. The average molecular weight is 677 g/mol. The average Bonchev–Trinajstić information content (AvgIpc) is 3.00. The summed E-state index contributed by atoms with van der Waals surface area (Å²) in [5.41, 5.74) is 0.118. The van der Waals surface area contributed by atoms with Crippen molar-refractivity contribution in [2.75, 3.05) is 0 Å². The van der Waals surface area contributed by atoms with E-state index < -0.39 is 37.5 Å². The third-order valence-electron chi connectivity index (χ3n) is 7.13. The third kappa shape index (κ3) is 7.29. The Hall–Kier alpha value is -5.60. The smallest absolute Gasteiger partial charge is 0.423 e. The molecule has 0 amide bonds. The van der Waals surface area contributed by atoms with E-state index in [9.17, 15) is 26.4 Å². The van der Waals surface area contributed by atoms with E-state index in [1.165, 1.54) is 60.7 Å². The Morgan fingerprint density at radius 2 is 0.787 bits per heavy atom. The Labute approximate surface area is 268 Å². The first kappa shape index (κ1) is 31.4. The quantitative estimate of drug-likeness (QED) is 0.164. The molecule has 14 heteroatoms. The molecule has 2 aromatic heterocycles. The van der Waals surface area contributed by atoms with Gasteiger partial charge in [0.25, 0.3) is 0 Å². The topological polar surface area (TPSA) is 166 Å². The molecule has 0 aliphatic heterocycles. The van der Waals surface area contributed by atoms with Gasteiger partial charge in [-0.25, -0.2) is 9.59 Å². The standard InChI is InChI=1S/C33H24O12S2/c1-33(2,23-7-13-25(14-8-23)42-46(36,37)44-27-11-3-21-5-17-31(34)40-29(21)19-27)24-9-15-26(16-10-24)43-47(38,39)45-28-12-4-22-6-18-32(35)41-30(22)20-28/h3-20H,1-2H3. The molecule has 240 valence electrons. The Morgan fingerprint density at radius 1 is 0.468 bits per heavy atom. The highest BCUT2D eigenvalue weighted by atomic mass is 32.3. The van der Waals surface area contributed by atoms with Crippen LogP contribution in [0.4, 0.5) is 0 Å². The summed E-state index contributed by atoms with van der Waals surface area (Å²) in [7, 11) is -9.06. The summed E-state index contributed by atoms with van der Waals surface area (Å²) in [5, 5.41) is 1.18. The fourth-order valence-electron chi connectivity index (χ4n) is 4.71. The van der Waals surface area contributed by atoms with Crippen LogP contribution in [0.2, 0.25) is 0 Å². The molecule has 0 unspecified atom stereocenters. The van der Waals surface area contributed by atoms with Crippen molar-refractivity contribution < 1.29 is 42.4 Å². The first-order valence-electron chi connectivity index (χ1n) is 13.8. The highest BCUT2D eigenvalue weighted by Crippen LogP contribution is 2.34. The van der Waals surface area contributed by atoms with Gasteiger partial charge in [-0.15, -0.1) is 16.8 Å². The molecule has 0 fully saturated rings. The summed E-state index contributed by atoms with van der Waals surface area (Å²) in [6.45, 7) is 3.85. The first-order valence-corrected chi connectivity index (χ1v) is 16.5. The maximum absolute atomic E-state index is 12.6. The second-order valence-electron chi connectivity index (χ2n) is 10.7. The third-order valence-corrected chi connectivity index (χ3v) is 8.72. The van der Waals surface area contributed by atoms with E-state index in [0.29, 0.717) is 10.8 Å². The fraction of sp³-hybridized carbons (Fsp3) is 0.0909. The molecular formula is C33H24O12S2. The molecule has 0 N–H and O–H groups in total. The van der Waals surface area contributed by atoms with E-state index in [-0.39, 0.29) is 34.2 Å². The van der Waals surface area contributed by atoms with Crippen LogP contribution in [0.15, 0.2) is 128 Å². The zero-order chi connectivity index (χ0) is 33.4. The molecular weight excluding hydrogens is 652 g/mol. The van der Waals surface area contributed by atoms with Crippen LogP contribution < -0.4 is 28.0 Å². The Bertz CT molecular complexity index is 2270. The molecule has 0 aliphatic rings. The van der Waals surface area contributed by atoms with Gasteiger partial charge in [-0.1, -0.05) is 38.1 Å². The Balaban J connectivity index is 1.10. The molecule has 0 atom stereocenters. The van der Waals surface area contributed by atoms with Gasteiger partial charge in [0.15, 0.2) is 0 Å². The van der Waals surface area contributed by atoms with Crippen molar-refractivity contribution >= 4 is 42.7 Å². The van der Waals surface area contributed by atoms with Gasteiger partial charge in [-0.05, 0) is 71.8 Å². The molecule has 0 bridgehead atoms. The van der Waals surface area contributed by atoms with Crippen molar-refractivity contribution in [3.8, 4) is 23.0 Å². The van der Waals surface area contributed by atoms with Gasteiger partial charge in [0.05, 0.1) is 0 Å². The molecule has 4 aromatic carbocycles. The minimum atomic E-state index is -4.53. The number of hydrogen-bond acceptors (Lipinski definition) is 12. The molecule has 12 nitrogen and oxygen atoms in total. The van der Waals surface area contributed by atoms with Crippen LogP contribution in [-0.2, 0) is 26.2 Å². The Kier molecular flexibility index (Phi) is 7.99. The van der Waals surface area contributed by atoms with Crippen molar-refractivity contribution in [2.45, 2.75) is 19.3 Å². The normalized spacial score (nSPS) is 12.1. The van der Waals surface area contributed by atoms with Crippen molar-refractivity contribution in [1.82, 2.24) is 0 Å². The molecule has 0 saturated carbocycles. The van der Waals surface area contributed by atoms with Gasteiger partial charge in [0.2, 0.25) is 0 Å². The summed E-state index contributed by atoms with van der Waals surface area (Å²) in [6, 6.07) is 26.6. The van der Waals surface area contributed by atoms with Crippen LogP contribution >= 0.6 is 0 Å². The van der Waals surface area contributed by atoms with Crippen LogP contribution in [0.25, 0.3) is 21.9 Å². The minimum absolute atomic E-state index is 0.000575. The predicted octanol–water partition coefficient (Wildman–Crippen LogP) is 5.63. The summed E-state index contributed by atoms with van der Waals surface area (Å²) in [6.07, 6.45) is 0. The van der Waals surface area contributed by atoms with Gasteiger partial charge in [0, 0.05) is 40.5 Å². The van der Waals surface area contributed by atoms with E-state index in [1.54, 1.807) is 48.5 Å². The lowest BCUT2D eigenvalue weighted by molar-refractivity contribution is 0.390. The van der Waals surface area contributed by atoms with Crippen LogP contribution in [-0.4, -0.2) is 16.8 Å². The molecule has 0 radical (unpaired) electrons. The van der Waals surface area contributed by atoms with Gasteiger partial charge in [-0.2, -0.15) is 0 Å². The number of rotatable bonds is 10. The largest absolute Gasteiger partial charge is 0.500 e.